The van der Waals surface area contributed by atoms with E-state index in [0.717, 1.165) is 12.1 Å². The molecule has 0 radical (unpaired) electrons. The molecule has 0 aliphatic heterocycles. The van der Waals surface area contributed by atoms with Crippen LogP contribution in [0.5, 0.6) is 11.5 Å². The molecule has 3 aromatic rings. The highest BCUT2D eigenvalue weighted by Crippen LogP contribution is 2.38. The number of benzene rings is 2. The normalized spacial score (nSPS) is 10.9. The standard InChI is InChI=1S/C21H16F4N2O4/c22-20(23)30-17-8-7-14(10-18(17)31-21(24)25)27(12-13-4-3-9-26-11-13)16-6-2-1-5-15(16)19(28)29/h1-11,20-21H,12H2,(H,28,29). The smallest absolute Gasteiger partial charge is 0.387 e. The third kappa shape index (κ3) is 5.62. The number of rotatable bonds is 9. The summed E-state index contributed by atoms with van der Waals surface area (Å²) in [4.78, 5) is 17.3. The maximum Gasteiger partial charge on any atom is 0.387 e. The number of aromatic nitrogens is 1. The summed E-state index contributed by atoms with van der Waals surface area (Å²) >= 11 is 0. The van der Waals surface area contributed by atoms with Crippen LogP contribution in [0.4, 0.5) is 28.9 Å². The van der Waals surface area contributed by atoms with Crippen molar-refractivity contribution >= 4 is 17.3 Å². The van der Waals surface area contributed by atoms with E-state index in [9.17, 15) is 27.5 Å². The minimum Gasteiger partial charge on any atom is -0.478 e. The Morgan fingerprint density at radius 3 is 2.32 bits per heavy atom. The number of ether oxygens (including phenoxy) is 2. The maximum atomic E-state index is 12.8. The van der Waals surface area contributed by atoms with Crippen molar-refractivity contribution in [3.8, 4) is 11.5 Å². The van der Waals surface area contributed by atoms with E-state index in [1.54, 1.807) is 36.7 Å². The summed E-state index contributed by atoms with van der Waals surface area (Å²) in [5.41, 5.74) is 1.11. The number of aromatic carboxylic acids is 1. The number of carboxylic acids is 1. The number of hydrogen-bond acceptors (Lipinski definition) is 5. The summed E-state index contributed by atoms with van der Waals surface area (Å²) in [5.74, 6) is -2.39. The summed E-state index contributed by atoms with van der Waals surface area (Å²) in [7, 11) is 0. The SMILES string of the molecule is O=C(O)c1ccccc1N(Cc1cccnc1)c1ccc(OC(F)F)c(OC(F)F)c1. The van der Waals surface area contributed by atoms with Crippen LogP contribution in [0.3, 0.4) is 0 Å². The molecule has 0 bridgehead atoms. The van der Waals surface area contributed by atoms with Crippen molar-refractivity contribution in [1.29, 1.82) is 0 Å². The van der Waals surface area contributed by atoms with Crippen molar-refractivity contribution < 1.29 is 36.9 Å². The quantitative estimate of drug-likeness (QED) is 0.458. The van der Waals surface area contributed by atoms with Gasteiger partial charge in [0.1, 0.15) is 0 Å². The van der Waals surface area contributed by atoms with Gasteiger partial charge in [-0.1, -0.05) is 18.2 Å². The van der Waals surface area contributed by atoms with Gasteiger partial charge in [-0.15, -0.1) is 0 Å². The number of hydrogen-bond donors (Lipinski definition) is 1. The molecule has 1 aromatic heterocycles. The summed E-state index contributed by atoms with van der Waals surface area (Å²) in [5, 5.41) is 9.58. The summed E-state index contributed by atoms with van der Waals surface area (Å²) in [6, 6.07) is 13.0. The predicted octanol–water partition coefficient (Wildman–Crippen LogP) is 5.32. The number of para-hydroxylation sites is 1. The Morgan fingerprint density at radius 1 is 0.968 bits per heavy atom. The number of carbonyl (C=O) groups is 1. The van der Waals surface area contributed by atoms with Crippen molar-refractivity contribution in [3.63, 3.8) is 0 Å². The number of alkyl halides is 4. The summed E-state index contributed by atoms with van der Waals surface area (Å²) in [6.45, 7) is -6.42. The molecule has 0 atom stereocenters. The highest BCUT2D eigenvalue weighted by molar-refractivity contribution is 5.95. The van der Waals surface area contributed by atoms with E-state index in [1.165, 1.54) is 23.1 Å². The molecule has 31 heavy (non-hydrogen) atoms. The molecular weight excluding hydrogens is 420 g/mol. The van der Waals surface area contributed by atoms with Gasteiger partial charge in [0.2, 0.25) is 0 Å². The van der Waals surface area contributed by atoms with Crippen LogP contribution in [0, 0.1) is 0 Å². The first kappa shape index (κ1) is 21.9. The van der Waals surface area contributed by atoms with Crippen molar-refractivity contribution in [2.75, 3.05) is 4.90 Å². The third-order valence-electron chi connectivity index (χ3n) is 4.16. The van der Waals surface area contributed by atoms with E-state index >= 15 is 0 Å². The van der Waals surface area contributed by atoms with Crippen molar-refractivity contribution in [3.05, 3.63) is 78.1 Å². The second-order valence-corrected chi connectivity index (χ2v) is 6.16. The first-order valence-corrected chi connectivity index (χ1v) is 8.87. The lowest BCUT2D eigenvalue weighted by Crippen LogP contribution is -2.20. The van der Waals surface area contributed by atoms with Gasteiger partial charge in [-0.05, 0) is 35.9 Å². The molecule has 2 aromatic carbocycles. The number of pyridine rings is 1. The lowest BCUT2D eigenvalue weighted by molar-refractivity contribution is -0.0692. The third-order valence-corrected chi connectivity index (χ3v) is 4.16. The van der Waals surface area contributed by atoms with Gasteiger partial charge in [-0.2, -0.15) is 17.6 Å². The predicted molar refractivity (Wildman–Crippen MR) is 103 cm³/mol. The molecule has 1 heterocycles. The minimum absolute atomic E-state index is 0.0457. The van der Waals surface area contributed by atoms with Gasteiger partial charge in [0, 0.05) is 30.7 Å². The molecule has 0 fully saturated rings. The van der Waals surface area contributed by atoms with Crippen LogP contribution in [0.1, 0.15) is 15.9 Å². The second-order valence-electron chi connectivity index (χ2n) is 6.16. The molecule has 3 rings (SSSR count). The average Bonchev–Trinajstić information content (AvgIpc) is 2.73. The molecule has 162 valence electrons. The molecular formula is C21H16F4N2O4. The van der Waals surface area contributed by atoms with Gasteiger partial charge in [0.25, 0.3) is 0 Å². The van der Waals surface area contributed by atoms with Gasteiger partial charge in [0.05, 0.1) is 11.3 Å². The highest BCUT2D eigenvalue weighted by atomic mass is 19.3. The van der Waals surface area contributed by atoms with E-state index in [2.05, 4.69) is 14.5 Å². The van der Waals surface area contributed by atoms with E-state index in [-0.39, 0.29) is 23.5 Å². The Labute approximate surface area is 174 Å². The maximum absolute atomic E-state index is 12.8. The van der Waals surface area contributed by atoms with Crippen LogP contribution in [0.15, 0.2) is 67.0 Å². The molecule has 0 unspecified atom stereocenters. The fraction of sp³-hybridized carbons (Fsp3) is 0.143. The molecule has 0 saturated heterocycles. The van der Waals surface area contributed by atoms with Crippen LogP contribution in [0.2, 0.25) is 0 Å². The van der Waals surface area contributed by atoms with Crippen LogP contribution < -0.4 is 14.4 Å². The van der Waals surface area contributed by atoms with Crippen LogP contribution in [-0.2, 0) is 6.54 Å². The zero-order valence-corrected chi connectivity index (χ0v) is 15.8. The summed E-state index contributed by atoms with van der Waals surface area (Å²) in [6.07, 6.45) is 3.12. The topological polar surface area (TPSA) is 71.9 Å². The number of carboxylic acid groups (broad SMARTS) is 1. The average molecular weight is 436 g/mol. The lowest BCUT2D eigenvalue weighted by atomic mass is 10.1. The molecule has 0 amide bonds. The highest BCUT2D eigenvalue weighted by Gasteiger charge is 2.21. The molecule has 10 heteroatoms. The largest absolute Gasteiger partial charge is 0.478 e. The fourth-order valence-corrected chi connectivity index (χ4v) is 2.93. The zero-order chi connectivity index (χ0) is 22.4. The Balaban J connectivity index is 2.12. The van der Waals surface area contributed by atoms with E-state index in [0.29, 0.717) is 5.56 Å². The van der Waals surface area contributed by atoms with Crippen LogP contribution in [0.25, 0.3) is 0 Å². The monoisotopic (exact) mass is 436 g/mol. The second kappa shape index (κ2) is 9.79. The van der Waals surface area contributed by atoms with E-state index in [4.69, 9.17) is 0 Å². The summed E-state index contributed by atoms with van der Waals surface area (Å²) < 4.78 is 59.6. The number of halogens is 4. The van der Waals surface area contributed by atoms with Gasteiger partial charge in [0.15, 0.2) is 11.5 Å². The Bertz CT molecular complexity index is 1030. The van der Waals surface area contributed by atoms with Gasteiger partial charge in [-0.25, -0.2) is 4.79 Å². The molecule has 0 aliphatic rings. The van der Waals surface area contributed by atoms with Crippen molar-refractivity contribution in [1.82, 2.24) is 4.98 Å². The molecule has 0 spiro atoms. The first-order valence-electron chi connectivity index (χ1n) is 8.87. The Hall–Kier alpha value is -3.82. The van der Waals surface area contributed by atoms with Crippen molar-refractivity contribution in [2.24, 2.45) is 0 Å². The fourth-order valence-electron chi connectivity index (χ4n) is 2.93. The molecule has 0 saturated carbocycles. The lowest BCUT2D eigenvalue weighted by Gasteiger charge is -2.27. The molecule has 0 aliphatic carbocycles. The minimum atomic E-state index is -3.28. The molecule has 6 nitrogen and oxygen atoms in total. The van der Waals surface area contributed by atoms with Gasteiger partial charge < -0.3 is 19.5 Å². The number of anilines is 2. The molecule has 1 N–H and O–H groups in total. The van der Waals surface area contributed by atoms with E-state index in [1.807, 2.05) is 0 Å². The number of nitrogens with zero attached hydrogens (tertiary/aromatic N) is 2. The van der Waals surface area contributed by atoms with Crippen molar-refractivity contribution in [2.45, 2.75) is 19.8 Å². The van der Waals surface area contributed by atoms with Gasteiger partial charge >= 0.3 is 19.2 Å². The Morgan fingerprint density at radius 2 is 1.68 bits per heavy atom. The van der Waals surface area contributed by atoms with Crippen LogP contribution >= 0.6 is 0 Å². The Kier molecular flexibility index (Phi) is 6.91. The van der Waals surface area contributed by atoms with Crippen LogP contribution in [-0.4, -0.2) is 29.3 Å². The first-order chi connectivity index (χ1) is 14.8. The van der Waals surface area contributed by atoms with E-state index < -0.39 is 30.7 Å². The van der Waals surface area contributed by atoms with Gasteiger partial charge in [-0.3, -0.25) is 4.98 Å². The zero-order valence-electron chi connectivity index (χ0n) is 15.8.